The summed E-state index contributed by atoms with van der Waals surface area (Å²) in [4.78, 5) is 22.7. The quantitative estimate of drug-likeness (QED) is 0.720. The highest BCUT2D eigenvalue weighted by atomic mass is 19.1. The Balaban J connectivity index is 1.44. The normalized spacial score (nSPS) is 18.0. The standard InChI is InChI=1S/C20H20F2N4O2/c1-12-10-26(15-4-2-13(3-5-15)20(27)28)7-6-25(12)11-18-23-17-9-14(21)8-16(22)19(17)24-18/h2-5,8-9,12H,6-7,10-11H2,1H3,(H,23,24)(H,27,28). The van der Waals surface area contributed by atoms with Gasteiger partial charge < -0.3 is 15.0 Å². The summed E-state index contributed by atoms with van der Waals surface area (Å²) in [5.41, 5.74) is 1.76. The summed E-state index contributed by atoms with van der Waals surface area (Å²) in [6, 6.07) is 9.15. The number of imidazole rings is 1. The number of hydrogen-bond acceptors (Lipinski definition) is 4. The molecule has 2 N–H and O–H groups in total. The van der Waals surface area contributed by atoms with Gasteiger partial charge in [0.2, 0.25) is 0 Å². The number of carbonyl (C=O) groups is 1. The first-order valence-electron chi connectivity index (χ1n) is 9.06. The van der Waals surface area contributed by atoms with Crippen LogP contribution in [0.3, 0.4) is 0 Å². The van der Waals surface area contributed by atoms with E-state index in [0.29, 0.717) is 17.9 Å². The molecule has 2 heterocycles. The number of piperazine rings is 1. The first kappa shape index (κ1) is 18.4. The second-order valence-electron chi connectivity index (χ2n) is 7.08. The smallest absolute Gasteiger partial charge is 0.335 e. The summed E-state index contributed by atoms with van der Waals surface area (Å²) in [5.74, 6) is -1.63. The lowest BCUT2D eigenvalue weighted by Crippen LogP contribution is -2.51. The van der Waals surface area contributed by atoms with E-state index in [4.69, 9.17) is 5.11 Å². The molecule has 6 nitrogen and oxygen atoms in total. The van der Waals surface area contributed by atoms with E-state index in [1.54, 1.807) is 12.1 Å². The number of rotatable bonds is 4. The molecule has 1 atom stereocenters. The molecule has 8 heteroatoms. The van der Waals surface area contributed by atoms with Crippen molar-refractivity contribution in [3.8, 4) is 0 Å². The highest BCUT2D eigenvalue weighted by Crippen LogP contribution is 2.22. The van der Waals surface area contributed by atoms with E-state index in [1.807, 2.05) is 12.1 Å². The molecule has 0 radical (unpaired) electrons. The van der Waals surface area contributed by atoms with Gasteiger partial charge in [-0.3, -0.25) is 4.90 Å². The summed E-state index contributed by atoms with van der Waals surface area (Å²) >= 11 is 0. The Morgan fingerprint density at radius 2 is 2.00 bits per heavy atom. The van der Waals surface area contributed by atoms with Crippen molar-refractivity contribution in [2.75, 3.05) is 24.5 Å². The molecule has 1 aliphatic rings. The Morgan fingerprint density at radius 3 is 2.68 bits per heavy atom. The third-order valence-corrected chi connectivity index (χ3v) is 5.15. The van der Waals surface area contributed by atoms with Gasteiger partial charge in [-0.05, 0) is 37.3 Å². The molecular formula is C20H20F2N4O2. The first-order chi connectivity index (χ1) is 13.4. The number of anilines is 1. The van der Waals surface area contributed by atoms with Crippen molar-refractivity contribution in [2.45, 2.75) is 19.5 Å². The monoisotopic (exact) mass is 386 g/mol. The zero-order valence-electron chi connectivity index (χ0n) is 15.3. The zero-order valence-corrected chi connectivity index (χ0v) is 15.3. The van der Waals surface area contributed by atoms with Gasteiger partial charge in [-0.15, -0.1) is 0 Å². The lowest BCUT2D eigenvalue weighted by molar-refractivity contribution is 0.0697. The second kappa shape index (κ2) is 7.20. The van der Waals surface area contributed by atoms with Crippen LogP contribution < -0.4 is 4.90 Å². The van der Waals surface area contributed by atoms with Crippen LogP contribution >= 0.6 is 0 Å². The number of carboxylic acid groups (broad SMARTS) is 1. The van der Waals surface area contributed by atoms with Crippen LogP contribution in [-0.2, 0) is 6.54 Å². The number of aromatic nitrogens is 2. The highest BCUT2D eigenvalue weighted by molar-refractivity contribution is 5.88. The fourth-order valence-electron chi connectivity index (χ4n) is 3.64. The Morgan fingerprint density at radius 1 is 1.25 bits per heavy atom. The molecule has 28 heavy (non-hydrogen) atoms. The molecule has 0 aliphatic carbocycles. The van der Waals surface area contributed by atoms with Gasteiger partial charge in [-0.25, -0.2) is 18.6 Å². The molecule has 1 unspecified atom stereocenters. The Hall–Kier alpha value is -3.00. The van der Waals surface area contributed by atoms with Gasteiger partial charge in [0.05, 0.1) is 17.6 Å². The number of aromatic carboxylic acids is 1. The molecule has 1 aliphatic heterocycles. The minimum Gasteiger partial charge on any atom is -0.478 e. The van der Waals surface area contributed by atoms with Crippen LogP contribution in [0.2, 0.25) is 0 Å². The van der Waals surface area contributed by atoms with Crippen LogP contribution in [0, 0.1) is 11.6 Å². The topological polar surface area (TPSA) is 72.5 Å². The first-order valence-corrected chi connectivity index (χ1v) is 9.06. The second-order valence-corrected chi connectivity index (χ2v) is 7.08. The van der Waals surface area contributed by atoms with Gasteiger partial charge >= 0.3 is 5.97 Å². The molecule has 0 spiro atoms. The molecule has 1 aromatic heterocycles. The molecule has 0 saturated carbocycles. The molecule has 3 aromatic rings. The minimum atomic E-state index is -0.938. The van der Waals surface area contributed by atoms with Crippen LogP contribution in [-0.4, -0.2) is 51.6 Å². The van der Waals surface area contributed by atoms with E-state index >= 15 is 0 Å². The summed E-state index contributed by atoms with van der Waals surface area (Å²) in [7, 11) is 0. The Labute approximate surface area is 160 Å². The molecule has 1 fully saturated rings. The minimum absolute atomic E-state index is 0.154. The summed E-state index contributed by atoms with van der Waals surface area (Å²) in [6.07, 6.45) is 0. The van der Waals surface area contributed by atoms with E-state index in [1.165, 1.54) is 6.07 Å². The molecular weight excluding hydrogens is 366 g/mol. The zero-order chi connectivity index (χ0) is 19.8. The summed E-state index contributed by atoms with van der Waals surface area (Å²) < 4.78 is 27.2. The van der Waals surface area contributed by atoms with Crippen LogP contribution in [0.25, 0.3) is 11.0 Å². The van der Waals surface area contributed by atoms with E-state index in [9.17, 15) is 13.6 Å². The molecule has 0 amide bonds. The molecule has 4 rings (SSSR count). The van der Waals surface area contributed by atoms with Crippen LogP contribution in [0.5, 0.6) is 0 Å². The maximum absolute atomic E-state index is 13.9. The molecule has 146 valence electrons. The van der Waals surface area contributed by atoms with Crippen molar-refractivity contribution in [3.63, 3.8) is 0 Å². The Bertz CT molecular complexity index is 1020. The predicted octanol–water partition coefficient (Wildman–Crippen LogP) is 3.25. The highest BCUT2D eigenvalue weighted by Gasteiger charge is 2.25. The largest absolute Gasteiger partial charge is 0.478 e. The average molecular weight is 386 g/mol. The van der Waals surface area contributed by atoms with Gasteiger partial charge in [0.1, 0.15) is 17.2 Å². The molecule has 2 aromatic carbocycles. The summed E-state index contributed by atoms with van der Waals surface area (Å²) in [5, 5.41) is 9.01. The third kappa shape index (κ3) is 3.55. The van der Waals surface area contributed by atoms with Crippen LogP contribution in [0.15, 0.2) is 36.4 Å². The van der Waals surface area contributed by atoms with Gasteiger partial charge in [-0.1, -0.05) is 0 Å². The van der Waals surface area contributed by atoms with Crippen molar-refractivity contribution in [3.05, 3.63) is 59.4 Å². The van der Waals surface area contributed by atoms with Crippen molar-refractivity contribution < 1.29 is 18.7 Å². The number of carboxylic acids is 1. The van der Waals surface area contributed by atoms with Gasteiger partial charge in [0.25, 0.3) is 0 Å². The number of halogens is 2. The van der Waals surface area contributed by atoms with E-state index in [-0.39, 0.29) is 17.1 Å². The van der Waals surface area contributed by atoms with Crippen LogP contribution in [0.1, 0.15) is 23.1 Å². The van der Waals surface area contributed by atoms with Gasteiger partial charge in [-0.2, -0.15) is 0 Å². The van der Waals surface area contributed by atoms with Crippen LogP contribution in [0.4, 0.5) is 14.5 Å². The number of aromatic amines is 1. The summed E-state index contributed by atoms with van der Waals surface area (Å²) in [6.45, 7) is 4.94. The maximum Gasteiger partial charge on any atom is 0.335 e. The van der Waals surface area contributed by atoms with Crippen molar-refractivity contribution in [1.82, 2.24) is 14.9 Å². The average Bonchev–Trinajstić information content (AvgIpc) is 3.06. The predicted molar refractivity (Wildman–Crippen MR) is 101 cm³/mol. The molecule has 0 bridgehead atoms. The number of hydrogen-bond donors (Lipinski definition) is 2. The van der Waals surface area contributed by atoms with Crippen molar-refractivity contribution in [1.29, 1.82) is 0 Å². The van der Waals surface area contributed by atoms with Crippen molar-refractivity contribution >= 4 is 22.7 Å². The van der Waals surface area contributed by atoms with Gasteiger partial charge in [0.15, 0.2) is 5.82 Å². The van der Waals surface area contributed by atoms with Crippen molar-refractivity contribution in [2.24, 2.45) is 0 Å². The lowest BCUT2D eigenvalue weighted by Gasteiger charge is -2.40. The van der Waals surface area contributed by atoms with E-state index in [2.05, 4.69) is 26.7 Å². The fourth-order valence-corrected chi connectivity index (χ4v) is 3.64. The SMILES string of the molecule is CC1CN(c2ccc(C(=O)O)cc2)CCN1Cc1nc2c(F)cc(F)cc2[nH]1. The van der Waals surface area contributed by atoms with Gasteiger partial charge in [0, 0.05) is 37.4 Å². The third-order valence-electron chi connectivity index (χ3n) is 5.15. The Kier molecular flexibility index (Phi) is 4.72. The number of nitrogens with one attached hydrogen (secondary N) is 1. The molecule has 1 saturated heterocycles. The number of H-pyrrole nitrogens is 1. The fraction of sp³-hybridized carbons (Fsp3) is 0.300. The number of benzene rings is 2. The lowest BCUT2D eigenvalue weighted by atomic mass is 10.1. The van der Waals surface area contributed by atoms with E-state index < -0.39 is 17.6 Å². The van der Waals surface area contributed by atoms with E-state index in [0.717, 1.165) is 31.4 Å². The maximum atomic E-state index is 13.9. The number of nitrogens with zero attached hydrogens (tertiary/aromatic N) is 3. The number of fused-ring (bicyclic) bond motifs is 1.